The van der Waals surface area contributed by atoms with Gasteiger partial charge in [-0.15, -0.1) is 0 Å². The normalized spacial score (nSPS) is 10.2. The highest BCUT2D eigenvalue weighted by Gasteiger charge is 2.11. The van der Waals surface area contributed by atoms with Crippen LogP contribution in [0.25, 0.3) is 11.4 Å². The third-order valence-electron chi connectivity index (χ3n) is 3.28. The van der Waals surface area contributed by atoms with E-state index in [2.05, 4.69) is 15.3 Å². The summed E-state index contributed by atoms with van der Waals surface area (Å²) in [6, 6.07) is 15.8. The first-order chi connectivity index (χ1) is 11.7. The summed E-state index contributed by atoms with van der Waals surface area (Å²) in [5.74, 6) is -0.219. The first-order valence-electron chi connectivity index (χ1n) is 7.34. The maximum absolute atomic E-state index is 12.0. The van der Waals surface area contributed by atoms with E-state index in [1.165, 1.54) is 0 Å². The van der Waals surface area contributed by atoms with E-state index in [9.17, 15) is 9.59 Å². The molecule has 2 N–H and O–H groups in total. The lowest BCUT2D eigenvalue weighted by Crippen LogP contribution is -2.20. The molecule has 0 aliphatic heterocycles. The molecule has 120 valence electrons. The van der Waals surface area contributed by atoms with E-state index in [4.69, 9.17) is 4.74 Å². The Labute approximate surface area is 138 Å². The van der Waals surface area contributed by atoms with Crippen molar-refractivity contribution >= 4 is 17.6 Å². The first kappa shape index (κ1) is 15.5. The van der Waals surface area contributed by atoms with Crippen LogP contribution in [0.4, 0.5) is 5.69 Å². The Morgan fingerprint density at radius 2 is 1.79 bits per heavy atom. The standard InChI is InChI=1S/C18H15N3O3/c22-16(21-15-4-2-1-3-5-15)12-24-18(23)14-8-6-13(7-9-14)17-19-10-11-20-17/h1-11H,12H2,(H,19,20)(H,21,22). The number of rotatable bonds is 5. The minimum atomic E-state index is -0.552. The van der Waals surface area contributed by atoms with Crippen molar-refractivity contribution in [2.45, 2.75) is 0 Å². The maximum Gasteiger partial charge on any atom is 0.338 e. The number of aromatic amines is 1. The zero-order chi connectivity index (χ0) is 16.8. The molecule has 0 spiro atoms. The lowest BCUT2D eigenvalue weighted by atomic mass is 10.1. The number of imidazole rings is 1. The fourth-order valence-electron chi connectivity index (χ4n) is 2.12. The van der Waals surface area contributed by atoms with Gasteiger partial charge in [0.15, 0.2) is 6.61 Å². The van der Waals surface area contributed by atoms with Crippen LogP contribution in [0.3, 0.4) is 0 Å². The van der Waals surface area contributed by atoms with Gasteiger partial charge in [-0.2, -0.15) is 0 Å². The third-order valence-corrected chi connectivity index (χ3v) is 3.28. The Morgan fingerprint density at radius 1 is 1.04 bits per heavy atom. The van der Waals surface area contributed by atoms with Crippen molar-refractivity contribution in [3.05, 3.63) is 72.6 Å². The summed E-state index contributed by atoms with van der Waals surface area (Å²) in [6.07, 6.45) is 3.38. The van der Waals surface area contributed by atoms with Crippen molar-refractivity contribution < 1.29 is 14.3 Å². The number of nitrogens with zero attached hydrogens (tertiary/aromatic N) is 1. The zero-order valence-corrected chi connectivity index (χ0v) is 12.7. The highest BCUT2D eigenvalue weighted by Crippen LogP contribution is 2.15. The highest BCUT2D eigenvalue weighted by molar-refractivity contribution is 5.95. The Balaban J connectivity index is 1.54. The second kappa shape index (κ2) is 7.23. The van der Waals surface area contributed by atoms with Crippen LogP contribution >= 0.6 is 0 Å². The molecule has 1 amide bonds. The van der Waals surface area contributed by atoms with Gasteiger partial charge in [-0.25, -0.2) is 9.78 Å². The van der Waals surface area contributed by atoms with Crippen LogP contribution in [0.1, 0.15) is 10.4 Å². The van der Waals surface area contributed by atoms with Crippen LogP contribution < -0.4 is 5.32 Å². The van der Waals surface area contributed by atoms with Gasteiger partial charge in [0.25, 0.3) is 5.91 Å². The van der Waals surface area contributed by atoms with E-state index in [1.807, 2.05) is 18.2 Å². The van der Waals surface area contributed by atoms with Gasteiger partial charge in [0, 0.05) is 23.6 Å². The number of anilines is 1. The van der Waals surface area contributed by atoms with Crippen LogP contribution in [0, 0.1) is 0 Å². The fourth-order valence-corrected chi connectivity index (χ4v) is 2.12. The number of hydrogen-bond donors (Lipinski definition) is 2. The lowest BCUT2D eigenvalue weighted by Gasteiger charge is -2.07. The number of nitrogens with one attached hydrogen (secondary N) is 2. The van der Waals surface area contributed by atoms with E-state index in [1.54, 1.807) is 48.8 Å². The number of aromatic nitrogens is 2. The Hall–Kier alpha value is -3.41. The summed E-state index contributed by atoms with van der Waals surface area (Å²) >= 11 is 0. The molecule has 0 bridgehead atoms. The van der Waals surface area contributed by atoms with Gasteiger partial charge in [0.2, 0.25) is 0 Å². The minimum Gasteiger partial charge on any atom is -0.452 e. The van der Waals surface area contributed by atoms with Crippen molar-refractivity contribution in [1.82, 2.24) is 9.97 Å². The molecule has 2 aromatic carbocycles. The second-order valence-corrected chi connectivity index (χ2v) is 5.01. The number of carbonyl (C=O) groups is 2. The predicted molar refractivity (Wildman–Crippen MR) is 89.4 cm³/mol. The number of H-pyrrole nitrogens is 1. The van der Waals surface area contributed by atoms with Gasteiger partial charge in [-0.1, -0.05) is 30.3 Å². The number of ether oxygens (including phenoxy) is 1. The average Bonchev–Trinajstić information content (AvgIpc) is 3.15. The monoisotopic (exact) mass is 321 g/mol. The number of para-hydroxylation sites is 1. The first-order valence-corrected chi connectivity index (χ1v) is 7.34. The zero-order valence-electron chi connectivity index (χ0n) is 12.7. The Kier molecular flexibility index (Phi) is 4.67. The number of hydrogen-bond acceptors (Lipinski definition) is 4. The van der Waals surface area contributed by atoms with Crippen LogP contribution in [-0.2, 0) is 9.53 Å². The molecule has 1 aromatic heterocycles. The quantitative estimate of drug-likeness (QED) is 0.708. The van der Waals surface area contributed by atoms with Gasteiger partial charge in [-0.05, 0) is 24.3 Å². The van der Waals surface area contributed by atoms with Gasteiger partial charge in [0.1, 0.15) is 5.82 Å². The molecule has 0 radical (unpaired) electrons. The summed E-state index contributed by atoms with van der Waals surface area (Å²) in [4.78, 5) is 30.9. The minimum absolute atomic E-state index is 0.340. The summed E-state index contributed by atoms with van der Waals surface area (Å²) in [7, 11) is 0. The molecule has 0 aliphatic rings. The SMILES string of the molecule is O=C(COC(=O)c1ccc(-c2ncc[nH]2)cc1)Nc1ccccc1. The Bertz CT molecular complexity index is 812. The van der Waals surface area contributed by atoms with E-state index >= 15 is 0 Å². The molecule has 3 rings (SSSR count). The smallest absolute Gasteiger partial charge is 0.338 e. The van der Waals surface area contributed by atoms with Crippen LogP contribution in [0.2, 0.25) is 0 Å². The molecule has 0 atom stereocenters. The van der Waals surface area contributed by atoms with Crippen molar-refractivity contribution in [1.29, 1.82) is 0 Å². The van der Waals surface area contributed by atoms with Crippen LogP contribution in [0.5, 0.6) is 0 Å². The summed E-state index contributed by atoms with van der Waals surface area (Å²) in [6.45, 7) is -0.340. The van der Waals surface area contributed by atoms with Crippen molar-refractivity contribution in [2.24, 2.45) is 0 Å². The molecular formula is C18H15N3O3. The number of carbonyl (C=O) groups excluding carboxylic acids is 2. The molecule has 0 saturated heterocycles. The largest absolute Gasteiger partial charge is 0.452 e. The van der Waals surface area contributed by atoms with Crippen molar-refractivity contribution in [3.8, 4) is 11.4 Å². The topological polar surface area (TPSA) is 84.1 Å². The predicted octanol–water partition coefficient (Wildman–Crippen LogP) is 2.87. The average molecular weight is 321 g/mol. The van der Waals surface area contributed by atoms with E-state index in [-0.39, 0.29) is 12.5 Å². The number of benzene rings is 2. The molecule has 0 fully saturated rings. The van der Waals surface area contributed by atoms with Gasteiger partial charge in [0.05, 0.1) is 5.56 Å². The van der Waals surface area contributed by atoms with Crippen molar-refractivity contribution in [3.63, 3.8) is 0 Å². The van der Waals surface area contributed by atoms with Crippen molar-refractivity contribution in [2.75, 3.05) is 11.9 Å². The van der Waals surface area contributed by atoms with Crippen LogP contribution in [0.15, 0.2) is 67.0 Å². The van der Waals surface area contributed by atoms with Gasteiger partial charge < -0.3 is 15.0 Å². The second-order valence-electron chi connectivity index (χ2n) is 5.01. The molecule has 6 heteroatoms. The third kappa shape index (κ3) is 3.86. The molecule has 0 unspecified atom stereocenters. The summed E-state index contributed by atoms with van der Waals surface area (Å²) in [5.41, 5.74) is 1.89. The Morgan fingerprint density at radius 3 is 2.46 bits per heavy atom. The molecule has 6 nitrogen and oxygen atoms in total. The van der Waals surface area contributed by atoms with Gasteiger partial charge >= 0.3 is 5.97 Å². The highest BCUT2D eigenvalue weighted by atomic mass is 16.5. The van der Waals surface area contributed by atoms with E-state index in [0.717, 1.165) is 11.4 Å². The van der Waals surface area contributed by atoms with E-state index < -0.39 is 5.97 Å². The molecule has 0 aliphatic carbocycles. The summed E-state index contributed by atoms with van der Waals surface area (Å²) in [5, 5.41) is 2.65. The fraction of sp³-hybridized carbons (Fsp3) is 0.0556. The van der Waals surface area contributed by atoms with Crippen LogP contribution in [-0.4, -0.2) is 28.5 Å². The number of esters is 1. The van der Waals surface area contributed by atoms with Gasteiger partial charge in [-0.3, -0.25) is 4.79 Å². The molecule has 1 heterocycles. The molecular weight excluding hydrogens is 306 g/mol. The molecule has 3 aromatic rings. The lowest BCUT2D eigenvalue weighted by molar-refractivity contribution is -0.119. The number of amides is 1. The van der Waals surface area contributed by atoms with E-state index in [0.29, 0.717) is 11.3 Å². The summed E-state index contributed by atoms with van der Waals surface area (Å²) < 4.78 is 5.02. The molecule has 24 heavy (non-hydrogen) atoms. The molecule has 0 saturated carbocycles. The maximum atomic E-state index is 12.0.